The summed E-state index contributed by atoms with van der Waals surface area (Å²) in [6.07, 6.45) is 0. The van der Waals surface area contributed by atoms with Gasteiger partial charge in [0.05, 0.1) is 22.1 Å². The van der Waals surface area contributed by atoms with Gasteiger partial charge in [0.25, 0.3) is 0 Å². The second-order valence-corrected chi connectivity index (χ2v) is 16.0. The van der Waals surface area contributed by atoms with E-state index in [-0.39, 0.29) is 0 Å². The number of nitrogens with zero attached hydrogens (tertiary/aromatic N) is 5. The molecule has 0 aliphatic carbocycles. The molecule has 3 heterocycles. The van der Waals surface area contributed by atoms with Crippen molar-refractivity contribution in [3.8, 4) is 45.5 Å². The third-order valence-electron chi connectivity index (χ3n) is 12.5. The van der Waals surface area contributed by atoms with Crippen molar-refractivity contribution >= 4 is 75.9 Å². The maximum absolute atomic E-state index is 5.06. The summed E-state index contributed by atoms with van der Waals surface area (Å²) in [7, 11) is 0. The maximum atomic E-state index is 5.06. The highest BCUT2D eigenvalue weighted by molar-refractivity contribution is 6.26. The highest BCUT2D eigenvalue weighted by Crippen LogP contribution is 2.41. The molecule has 0 saturated carbocycles. The summed E-state index contributed by atoms with van der Waals surface area (Å²) >= 11 is 0. The Morgan fingerprint density at radius 1 is 0.226 bits per heavy atom. The summed E-state index contributed by atoms with van der Waals surface area (Å²) in [4.78, 5) is 15.0. The van der Waals surface area contributed by atoms with Crippen LogP contribution in [0.2, 0.25) is 0 Å². The zero-order valence-electron chi connectivity index (χ0n) is 33.4. The SMILES string of the molecule is c1ccc(-c2nc(-c3ccccc3)nc(-c3ccc4c5ccc(-n6c7ccccc7c7cc(-n8c9ccccc9c9ccccc98)ccc76)cc5c5ccccc5c4c3)n2)cc1. The summed E-state index contributed by atoms with van der Waals surface area (Å²) < 4.78 is 4.83. The van der Waals surface area contributed by atoms with Gasteiger partial charge in [0.1, 0.15) is 0 Å². The molecule has 0 atom stereocenters. The first-order chi connectivity index (χ1) is 30.7. The minimum atomic E-state index is 0.645. The number of rotatable bonds is 5. The van der Waals surface area contributed by atoms with Crippen LogP contribution in [-0.4, -0.2) is 24.1 Å². The number of hydrogen-bond acceptors (Lipinski definition) is 3. The predicted molar refractivity (Wildman–Crippen MR) is 257 cm³/mol. The quantitative estimate of drug-likeness (QED) is 0.163. The molecule has 13 aromatic rings. The zero-order chi connectivity index (χ0) is 40.7. The Balaban J connectivity index is 0.989. The second-order valence-electron chi connectivity index (χ2n) is 16.0. The van der Waals surface area contributed by atoms with E-state index in [0.29, 0.717) is 17.5 Å². The molecule has 0 aliphatic rings. The van der Waals surface area contributed by atoms with Gasteiger partial charge in [-0.3, -0.25) is 0 Å². The molecule has 0 fully saturated rings. The van der Waals surface area contributed by atoms with E-state index in [4.69, 9.17) is 15.0 Å². The molecule has 10 aromatic carbocycles. The molecule has 3 aromatic heterocycles. The Labute approximate surface area is 356 Å². The van der Waals surface area contributed by atoms with Gasteiger partial charge in [-0.25, -0.2) is 15.0 Å². The van der Waals surface area contributed by atoms with Gasteiger partial charge in [-0.2, -0.15) is 0 Å². The summed E-state index contributed by atoms with van der Waals surface area (Å²) in [5, 5.41) is 12.1. The van der Waals surface area contributed by atoms with E-state index in [1.54, 1.807) is 0 Å². The van der Waals surface area contributed by atoms with Crippen molar-refractivity contribution in [1.82, 2.24) is 24.1 Å². The van der Waals surface area contributed by atoms with Crippen LogP contribution in [0.5, 0.6) is 0 Å². The number of para-hydroxylation sites is 3. The van der Waals surface area contributed by atoms with Gasteiger partial charge in [0.2, 0.25) is 0 Å². The van der Waals surface area contributed by atoms with Crippen LogP contribution in [0.1, 0.15) is 0 Å². The van der Waals surface area contributed by atoms with Crippen molar-refractivity contribution in [3.63, 3.8) is 0 Å². The van der Waals surface area contributed by atoms with Gasteiger partial charge in [0.15, 0.2) is 17.5 Å². The number of hydrogen-bond donors (Lipinski definition) is 0. The van der Waals surface area contributed by atoms with Crippen molar-refractivity contribution in [1.29, 1.82) is 0 Å². The predicted octanol–water partition coefficient (Wildman–Crippen LogP) is 14.5. The molecule has 5 heteroatoms. The smallest absolute Gasteiger partial charge is 0.164 e. The normalized spacial score (nSPS) is 11.9. The number of fused-ring (bicyclic) bond motifs is 12. The summed E-state index contributed by atoms with van der Waals surface area (Å²) in [5.41, 5.74) is 9.89. The van der Waals surface area contributed by atoms with E-state index >= 15 is 0 Å². The molecular weight excluding hydrogens is 755 g/mol. The van der Waals surface area contributed by atoms with Crippen LogP contribution in [-0.2, 0) is 0 Å². The van der Waals surface area contributed by atoms with Crippen molar-refractivity contribution in [2.75, 3.05) is 0 Å². The fraction of sp³-hybridized carbons (Fsp3) is 0. The van der Waals surface area contributed by atoms with Crippen molar-refractivity contribution < 1.29 is 0 Å². The minimum absolute atomic E-state index is 0.645. The second kappa shape index (κ2) is 13.6. The van der Waals surface area contributed by atoms with E-state index in [2.05, 4.69) is 161 Å². The monoisotopic (exact) mass is 789 g/mol. The average Bonchev–Trinajstić information content (AvgIpc) is 3.87. The fourth-order valence-electron chi connectivity index (χ4n) is 9.74. The minimum Gasteiger partial charge on any atom is -0.309 e. The average molecular weight is 790 g/mol. The molecular formula is C57H35N5. The molecule has 288 valence electrons. The van der Waals surface area contributed by atoms with Crippen LogP contribution in [0, 0.1) is 0 Å². The summed E-state index contributed by atoms with van der Waals surface area (Å²) in [6, 6.07) is 75.8. The van der Waals surface area contributed by atoms with E-state index < -0.39 is 0 Å². The zero-order valence-corrected chi connectivity index (χ0v) is 33.4. The third kappa shape index (κ3) is 5.25. The van der Waals surface area contributed by atoms with Crippen LogP contribution in [0.4, 0.5) is 0 Å². The van der Waals surface area contributed by atoms with E-state index in [0.717, 1.165) is 33.5 Å². The Bertz CT molecular complexity index is 3790. The molecule has 0 unspecified atom stereocenters. The Kier molecular flexibility index (Phi) is 7.54. The molecule has 62 heavy (non-hydrogen) atoms. The van der Waals surface area contributed by atoms with Crippen LogP contribution < -0.4 is 0 Å². The molecule has 5 nitrogen and oxygen atoms in total. The van der Waals surface area contributed by atoms with Crippen LogP contribution in [0.25, 0.3) is 121 Å². The van der Waals surface area contributed by atoms with Crippen LogP contribution in [0.15, 0.2) is 212 Å². The molecule has 0 bridgehead atoms. The first-order valence-electron chi connectivity index (χ1n) is 21.0. The first kappa shape index (κ1) is 34.5. The molecule has 0 aliphatic heterocycles. The van der Waals surface area contributed by atoms with Gasteiger partial charge >= 0.3 is 0 Å². The highest BCUT2D eigenvalue weighted by Gasteiger charge is 2.19. The van der Waals surface area contributed by atoms with Gasteiger partial charge in [0, 0.05) is 49.6 Å². The Morgan fingerprint density at radius 3 is 1.11 bits per heavy atom. The van der Waals surface area contributed by atoms with Crippen LogP contribution >= 0.6 is 0 Å². The first-order valence-corrected chi connectivity index (χ1v) is 21.0. The van der Waals surface area contributed by atoms with E-state index in [1.165, 1.54) is 70.5 Å². The summed E-state index contributed by atoms with van der Waals surface area (Å²) in [5.74, 6) is 1.95. The molecule has 0 N–H and O–H groups in total. The largest absolute Gasteiger partial charge is 0.309 e. The molecule has 0 spiro atoms. The van der Waals surface area contributed by atoms with E-state index in [9.17, 15) is 0 Å². The lowest BCUT2D eigenvalue weighted by Crippen LogP contribution is -2.00. The molecule has 0 saturated heterocycles. The van der Waals surface area contributed by atoms with Gasteiger partial charge in [-0.05, 0) is 86.9 Å². The molecule has 0 amide bonds. The molecule has 0 radical (unpaired) electrons. The summed E-state index contributed by atoms with van der Waals surface area (Å²) in [6.45, 7) is 0. The lowest BCUT2D eigenvalue weighted by Gasteiger charge is -2.15. The topological polar surface area (TPSA) is 48.5 Å². The Morgan fingerprint density at radius 2 is 0.581 bits per heavy atom. The standard InChI is InChI=1S/C57H35N5/c1-3-15-36(16-4-1)55-58-56(37-17-5-2-6-18-37)60-57(59-55)38-27-30-43-44-31-28-39(34-49(44)42-20-8-7-19-41(42)48(43)33-38)62-53-26-14-11-23-47(53)50-35-40(29-32-54(50)62)61-51-24-12-9-21-45(51)46-22-10-13-25-52(46)61/h1-35H. The fourth-order valence-corrected chi connectivity index (χ4v) is 9.74. The lowest BCUT2D eigenvalue weighted by atomic mass is 9.93. The van der Waals surface area contributed by atoms with Crippen molar-refractivity contribution in [2.45, 2.75) is 0 Å². The number of aromatic nitrogens is 5. The Hall–Kier alpha value is -8.41. The number of benzene rings is 10. The van der Waals surface area contributed by atoms with Crippen molar-refractivity contribution in [3.05, 3.63) is 212 Å². The van der Waals surface area contributed by atoms with Gasteiger partial charge < -0.3 is 9.13 Å². The maximum Gasteiger partial charge on any atom is 0.164 e. The van der Waals surface area contributed by atoms with Gasteiger partial charge in [-0.15, -0.1) is 0 Å². The van der Waals surface area contributed by atoms with Gasteiger partial charge in [-0.1, -0.05) is 158 Å². The lowest BCUT2D eigenvalue weighted by molar-refractivity contribution is 1.07. The van der Waals surface area contributed by atoms with Crippen molar-refractivity contribution in [2.24, 2.45) is 0 Å². The molecule has 13 rings (SSSR count). The van der Waals surface area contributed by atoms with Crippen LogP contribution in [0.3, 0.4) is 0 Å². The highest BCUT2D eigenvalue weighted by atomic mass is 15.0. The van der Waals surface area contributed by atoms with E-state index in [1.807, 2.05) is 60.7 Å². The third-order valence-corrected chi connectivity index (χ3v) is 12.5.